The van der Waals surface area contributed by atoms with Crippen LogP contribution in [-0.2, 0) is 23.5 Å². The number of ether oxygens (including phenoxy) is 1. The number of hydrogen-bond donors (Lipinski definition) is 4. The Hall–Kier alpha value is -3.41. The van der Waals surface area contributed by atoms with E-state index in [-0.39, 0.29) is 11.6 Å². The fourth-order valence-electron chi connectivity index (χ4n) is 3.55. The number of benzene rings is 2. The van der Waals surface area contributed by atoms with Gasteiger partial charge in [-0.2, -0.15) is 13.5 Å². The molecule has 2 aromatic carbocycles. The van der Waals surface area contributed by atoms with Gasteiger partial charge in [-0.1, -0.05) is 19.1 Å². The van der Waals surface area contributed by atoms with Crippen LogP contribution in [0.5, 0.6) is 5.75 Å². The largest absolute Gasteiger partial charge is 0.492 e. The molecule has 180 valence electrons. The summed E-state index contributed by atoms with van der Waals surface area (Å²) in [5, 5.41) is 22.0. The summed E-state index contributed by atoms with van der Waals surface area (Å²) in [5.41, 5.74) is 2.91. The number of fused-ring (bicyclic) bond motifs is 1. The summed E-state index contributed by atoms with van der Waals surface area (Å²) < 4.78 is 34.8. The van der Waals surface area contributed by atoms with Crippen LogP contribution in [0.2, 0.25) is 0 Å². The van der Waals surface area contributed by atoms with Gasteiger partial charge in [0.1, 0.15) is 12.4 Å². The third kappa shape index (κ3) is 5.56. The molecule has 4 N–H and O–H groups in total. The Morgan fingerprint density at radius 2 is 2.09 bits per heavy atom. The SMILES string of the molecule is CCc1[nH]nc2cc(OCCNC[C@H](O)c3cccc(NS(=O)(=O)c4cn(C)cn4)c3)ccc12. The van der Waals surface area contributed by atoms with Crippen molar-refractivity contribution in [3.05, 3.63) is 66.2 Å². The van der Waals surface area contributed by atoms with Crippen molar-refractivity contribution in [1.82, 2.24) is 25.1 Å². The van der Waals surface area contributed by atoms with E-state index in [1.54, 1.807) is 35.9 Å². The lowest BCUT2D eigenvalue weighted by Crippen LogP contribution is -2.26. The molecule has 2 heterocycles. The minimum atomic E-state index is -3.80. The number of anilines is 1. The van der Waals surface area contributed by atoms with Gasteiger partial charge in [-0.3, -0.25) is 9.82 Å². The van der Waals surface area contributed by atoms with Gasteiger partial charge >= 0.3 is 0 Å². The van der Waals surface area contributed by atoms with Crippen LogP contribution >= 0.6 is 0 Å². The molecule has 4 aromatic rings. The van der Waals surface area contributed by atoms with Crippen LogP contribution < -0.4 is 14.8 Å². The zero-order valence-electron chi connectivity index (χ0n) is 19.0. The maximum Gasteiger partial charge on any atom is 0.280 e. The predicted molar refractivity (Wildman–Crippen MR) is 129 cm³/mol. The van der Waals surface area contributed by atoms with Crippen molar-refractivity contribution in [2.24, 2.45) is 7.05 Å². The van der Waals surface area contributed by atoms with Crippen molar-refractivity contribution in [1.29, 1.82) is 0 Å². The molecule has 0 bridgehead atoms. The molecule has 0 aliphatic heterocycles. The molecule has 11 heteroatoms. The number of aromatic nitrogens is 4. The Bertz CT molecular complexity index is 1360. The number of rotatable bonds is 11. The third-order valence-corrected chi connectivity index (χ3v) is 6.59. The summed E-state index contributed by atoms with van der Waals surface area (Å²) >= 11 is 0. The highest BCUT2D eigenvalue weighted by Crippen LogP contribution is 2.22. The molecule has 10 nitrogen and oxygen atoms in total. The molecular formula is C23H28N6O4S. The van der Waals surface area contributed by atoms with Gasteiger partial charge in [0.05, 0.1) is 17.9 Å². The van der Waals surface area contributed by atoms with E-state index < -0.39 is 16.1 Å². The highest BCUT2D eigenvalue weighted by Gasteiger charge is 2.18. The third-order valence-electron chi connectivity index (χ3n) is 5.32. The zero-order chi connectivity index (χ0) is 24.1. The first-order valence-electron chi connectivity index (χ1n) is 10.9. The highest BCUT2D eigenvalue weighted by atomic mass is 32.2. The molecular weight excluding hydrogens is 456 g/mol. The van der Waals surface area contributed by atoms with Gasteiger partial charge in [-0.05, 0) is 36.2 Å². The number of sulfonamides is 1. The first-order valence-corrected chi connectivity index (χ1v) is 12.4. The van der Waals surface area contributed by atoms with Crippen molar-refractivity contribution >= 4 is 26.6 Å². The fourth-order valence-corrected chi connectivity index (χ4v) is 4.58. The van der Waals surface area contributed by atoms with E-state index >= 15 is 0 Å². The standard InChI is InChI=1S/C23H28N6O4S/c1-3-20-19-8-7-18(12-21(19)27-26-20)33-10-9-24-13-22(30)16-5-4-6-17(11-16)28-34(31,32)23-14-29(2)15-25-23/h4-8,11-12,14-15,22,24,28,30H,3,9-10,13H2,1-2H3,(H,26,27)/t22-/m0/s1. The van der Waals surface area contributed by atoms with Gasteiger partial charge in [0.2, 0.25) is 0 Å². The second-order valence-electron chi connectivity index (χ2n) is 7.91. The summed E-state index contributed by atoms with van der Waals surface area (Å²) in [5.74, 6) is 0.733. The lowest BCUT2D eigenvalue weighted by molar-refractivity contribution is 0.172. The fraction of sp³-hybridized carbons (Fsp3) is 0.304. The first kappa shape index (κ1) is 23.7. The molecule has 0 aliphatic rings. The number of hydrogen-bond acceptors (Lipinski definition) is 7. The summed E-state index contributed by atoms with van der Waals surface area (Å²) in [4.78, 5) is 3.88. The number of aliphatic hydroxyl groups excluding tert-OH is 1. The number of aromatic amines is 1. The van der Waals surface area contributed by atoms with Crippen molar-refractivity contribution in [2.45, 2.75) is 24.5 Å². The quantitative estimate of drug-likeness (QED) is 0.240. The van der Waals surface area contributed by atoms with Crippen LogP contribution in [0.3, 0.4) is 0 Å². The molecule has 0 saturated carbocycles. The molecule has 1 atom stereocenters. The molecule has 2 aromatic heterocycles. The van der Waals surface area contributed by atoms with Gasteiger partial charge in [-0.15, -0.1) is 0 Å². The first-order chi connectivity index (χ1) is 16.4. The van der Waals surface area contributed by atoms with Crippen LogP contribution in [0.4, 0.5) is 5.69 Å². The second-order valence-corrected chi connectivity index (χ2v) is 9.54. The van der Waals surface area contributed by atoms with Gasteiger partial charge in [0.25, 0.3) is 10.0 Å². The van der Waals surface area contributed by atoms with E-state index in [0.717, 1.165) is 28.8 Å². The molecule has 0 aliphatic carbocycles. The number of H-pyrrole nitrogens is 1. The predicted octanol–water partition coefficient (Wildman–Crippen LogP) is 2.36. The number of aryl methyl sites for hydroxylation is 2. The van der Waals surface area contributed by atoms with E-state index in [1.165, 1.54) is 12.5 Å². The van der Waals surface area contributed by atoms with Gasteiger partial charge in [0, 0.05) is 49.2 Å². The average molecular weight is 485 g/mol. The Morgan fingerprint density at radius 1 is 1.24 bits per heavy atom. The van der Waals surface area contributed by atoms with Crippen LogP contribution in [0.25, 0.3) is 10.9 Å². The maximum atomic E-state index is 12.5. The normalized spacial score (nSPS) is 12.7. The maximum absolute atomic E-state index is 12.5. The van der Waals surface area contributed by atoms with E-state index in [9.17, 15) is 13.5 Å². The van der Waals surface area contributed by atoms with Crippen molar-refractivity contribution < 1.29 is 18.3 Å². The lowest BCUT2D eigenvalue weighted by atomic mass is 10.1. The molecule has 0 radical (unpaired) electrons. The van der Waals surface area contributed by atoms with E-state index in [0.29, 0.717) is 24.4 Å². The summed E-state index contributed by atoms with van der Waals surface area (Å²) in [6.07, 6.45) is 2.92. The minimum absolute atomic E-state index is 0.0696. The molecule has 0 fully saturated rings. The molecule has 4 rings (SSSR count). The summed E-state index contributed by atoms with van der Waals surface area (Å²) in [6, 6.07) is 12.5. The monoisotopic (exact) mass is 484 g/mol. The summed E-state index contributed by atoms with van der Waals surface area (Å²) in [7, 11) is -2.11. The van der Waals surface area contributed by atoms with Crippen molar-refractivity contribution in [3.63, 3.8) is 0 Å². The molecule has 0 spiro atoms. The van der Waals surface area contributed by atoms with Crippen LogP contribution in [0.1, 0.15) is 24.3 Å². The smallest absolute Gasteiger partial charge is 0.280 e. The van der Waals surface area contributed by atoms with Gasteiger partial charge < -0.3 is 19.7 Å². The minimum Gasteiger partial charge on any atom is -0.492 e. The summed E-state index contributed by atoms with van der Waals surface area (Å²) in [6.45, 7) is 3.32. The Labute approximate surface area is 198 Å². The number of nitrogens with one attached hydrogen (secondary N) is 3. The van der Waals surface area contributed by atoms with Gasteiger partial charge in [-0.25, -0.2) is 4.98 Å². The van der Waals surface area contributed by atoms with E-state index in [2.05, 4.69) is 32.1 Å². The Kier molecular flexibility index (Phi) is 7.15. The van der Waals surface area contributed by atoms with E-state index in [1.807, 2.05) is 18.2 Å². The van der Waals surface area contributed by atoms with Crippen LogP contribution in [0, 0.1) is 0 Å². The molecule has 0 saturated heterocycles. The van der Waals surface area contributed by atoms with E-state index in [4.69, 9.17) is 4.74 Å². The highest BCUT2D eigenvalue weighted by molar-refractivity contribution is 7.92. The molecule has 0 amide bonds. The second kappa shape index (κ2) is 10.2. The topological polar surface area (TPSA) is 134 Å². The lowest BCUT2D eigenvalue weighted by Gasteiger charge is -2.14. The van der Waals surface area contributed by atoms with Crippen LogP contribution in [0.15, 0.2) is 60.0 Å². The average Bonchev–Trinajstić information content (AvgIpc) is 3.44. The number of nitrogens with zero attached hydrogens (tertiary/aromatic N) is 3. The zero-order valence-corrected chi connectivity index (χ0v) is 19.8. The van der Waals surface area contributed by atoms with Crippen molar-refractivity contribution in [2.75, 3.05) is 24.4 Å². The molecule has 0 unspecified atom stereocenters. The van der Waals surface area contributed by atoms with Crippen molar-refractivity contribution in [3.8, 4) is 5.75 Å². The number of aliphatic hydroxyl groups is 1. The van der Waals surface area contributed by atoms with Gasteiger partial charge in [0.15, 0.2) is 5.03 Å². The Morgan fingerprint density at radius 3 is 2.85 bits per heavy atom. The number of imidazole rings is 1. The van der Waals surface area contributed by atoms with Crippen LogP contribution in [-0.4, -0.2) is 53.0 Å². The Balaban J connectivity index is 1.26. The molecule has 34 heavy (non-hydrogen) atoms.